The monoisotopic (exact) mass is 437 g/mol. The average Bonchev–Trinajstić information content (AvgIpc) is 3.30. The van der Waals surface area contributed by atoms with E-state index in [1.807, 2.05) is 31.1 Å². The molecule has 160 valence electrons. The Bertz CT molecular complexity index is 1140. The van der Waals surface area contributed by atoms with E-state index in [-0.39, 0.29) is 5.91 Å². The van der Waals surface area contributed by atoms with Gasteiger partial charge in [0.05, 0.1) is 11.9 Å². The van der Waals surface area contributed by atoms with E-state index >= 15 is 0 Å². The Balaban J connectivity index is 1.61. The number of carbonyl (C=O) groups excluding carboxylic acids is 1. The Hall–Kier alpha value is -3.30. The Labute approximate surface area is 183 Å². The zero-order valence-electron chi connectivity index (χ0n) is 17.3. The van der Waals surface area contributed by atoms with E-state index in [0.29, 0.717) is 31.0 Å². The number of carboxylic acids is 1. The van der Waals surface area contributed by atoms with Crippen LogP contribution in [0.3, 0.4) is 0 Å². The number of fused-ring (bicyclic) bond motifs is 3. The van der Waals surface area contributed by atoms with Gasteiger partial charge >= 0.3 is 5.97 Å². The van der Waals surface area contributed by atoms with Crippen LogP contribution in [0.5, 0.6) is 0 Å². The maximum Gasteiger partial charge on any atom is 0.330 e. The van der Waals surface area contributed by atoms with Gasteiger partial charge in [-0.15, -0.1) is 11.3 Å². The Morgan fingerprint density at radius 2 is 2.03 bits per heavy atom. The number of hydrogen-bond acceptors (Lipinski definition) is 7. The number of nitrogens with one attached hydrogen (secondary N) is 1. The van der Waals surface area contributed by atoms with Crippen LogP contribution in [0.1, 0.15) is 22.0 Å². The first kappa shape index (κ1) is 21.0. The quantitative estimate of drug-likeness (QED) is 0.549. The summed E-state index contributed by atoms with van der Waals surface area (Å²) in [5.41, 5.74) is 1.62. The number of likely N-dealkylation sites (N-methyl/N-ethyl adjacent to an activating group) is 1. The highest BCUT2D eigenvalue weighted by Gasteiger charge is 2.29. The number of carbonyl (C=O) groups is 2. The van der Waals surface area contributed by atoms with Crippen LogP contribution in [0.2, 0.25) is 0 Å². The summed E-state index contributed by atoms with van der Waals surface area (Å²) < 4.78 is 0. The van der Waals surface area contributed by atoms with Crippen molar-refractivity contribution in [3.63, 3.8) is 0 Å². The molecular weight excluding hydrogens is 414 g/mol. The molecule has 0 aliphatic carbocycles. The number of thiophene rings is 1. The van der Waals surface area contributed by atoms with Crippen molar-refractivity contribution in [3.8, 4) is 0 Å². The molecule has 2 N–H and O–H groups in total. The van der Waals surface area contributed by atoms with Gasteiger partial charge in [0, 0.05) is 29.6 Å². The predicted molar refractivity (Wildman–Crippen MR) is 120 cm³/mol. The van der Waals surface area contributed by atoms with Gasteiger partial charge in [0.1, 0.15) is 17.0 Å². The Kier molecular flexibility index (Phi) is 5.97. The molecule has 0 unspecified atom stereocenters. The summed E-state index contributed by atoms with van der Waals surface area (Å²) in [7, 11) is 3.89. The Morgan fingerprint density at radius 3 is 2.74 bits per heavy atom. The number of benzene rings is 1. The fourth-order valence-corrected chi connectivity index (χ4v) is 4.72. The van der Waals surface area contributed by atoms with E-state index in [2.05, 4.69) is 15.3 Å². The summed E-state index contributed by atoms with van der Waals surface area (Å²) in [6, 6.07) is 8.04. The van der Waals surface area contributed by atoms with Crippen LogP contribution < -0.4 is 5.32 Å². The largest absolute Gasteiger partial charge is 0.479 e. The molecule has 1 atom stereocenters. The van der Waals surface area contributed by atoms with Crippen molar-refractivity contribution in [3.05, 3.63) is 64.8 Å². The molecule has 9 heteroatoms. The molecule has 0 fully saturated rings. The van der Waals surface area contributed by atoms with Crippen molar-refractivity contribution in [2.24, 2.45) is 0 Å². The highest BCUT2D eigenvalue weighted by Crippen LogP contribution is 2.40. The maximum atomic E-state index is 12.6. The molecule has 1 aliphatic heterocycles. The number of amides is 1. The molecule has 1 amide bonds. The third-order valence-corrected chi connectivity index (χ3v) is 6.18. The summed E-state index contributed by atoms with van der Waals surface area (Å²) in [5.74, 6) is -0.568. The average molecular weight is 438 g/mol. The van der Waals surface area contributed by atoms with Crippen LogP contribution in [0.4, 0.5) is 5.82 Å². The lowest BCUT2D eigenvalue weighted by Gasteiger charge is -2.17. The summed E-state index contributed by atoms with van der Waals surface area (Å²) in [6.07, 6.45) is 4.89. The smallest absolute Gasteiger partial charge is 0.330 e. The zero-order chi connectivity index (χ0) is 22.0. The van der Waals surface area contributed by atoms with E-state index in [1.165, 1.54) is 17.7 Å². The molecule has 31 heavy (non-hydrogen) atoms. The first-order valence-corrected chi connectivity index (χ1v) is 10.7. The highest BCUT2D eigenvalue weighted by atomic mass is 32.1. The molecule has 0 saturated carbocycles. The minimum atomic E-state index is -0.993. The predicted octanol–water partition coefficient (Wildman–Crippen LogP) is 2.89. The number of aliphatic carboxylic acids is 1. The van der Waals surface area contributed by atoms with Gasteiger partial charge < -0.3 is 20.2 Å². The summed E-state index contributed by atoms with van der Waals surface area (Å²) in [6.45, 7) is 1.66. The number of rotatable bonds is 7. The minimum absolute atomic E-state index is 0.0440. The summed E-state index contributed by atoms with van der Waals surface area (Å²) >= 11 is 1.52. The van der Waals surface area contributed by atoms with Crippen LogP contribution in [-0.2, 0) is 22.7 Å². The second-order valence-corrected chi connectivity index (χ2v) is 8.68. The molecule has 4 rings (SSSR count). The number of carboxylic acid groups (broad SMARTS) is 1. The van der Waals surface area contributed by atoms with E-state index in [9.17, 15) is 14.7 Å². The normalized spacial score (nSPS) is 14.4. The van der Waals surface area contributed by atoms with Crippen molar-refractivity contribution in [1.29, 1.82) is 0 Å². The van der Waals surface area contributed by atoms with Crippen LogP contribution in [-0.4, -0.2) is 57.4 Å². The minimum Gasteiger partial charge on any atom is -0.479 e. The second kappa shape index (κ2) is 8.83. The third-order valence-electron chi connectivity index (χ3n) is 5.06. The first-order valence-electron chi connectivity index (χ1n) is 9.83. The van der Waals surface area contributed by atoms with Gasteiger partial charge in [-0.1, -0.05) is 36.4 Å². The van der Waals surface area contributed by atoms with E-state index in [1.54, 1.807) is 35.2 Å². The second-order valence-electron chi connectivity index (χ2n) is 7.59. The fourth-order valence-electron chi connectivity index (χ4n) is 3.56. The van der Waals surface area contributed by atoms with Crippen LogP contribution >= 0.6 is 11.3 Å². The van der Waals surface area contributed by atoms with Crippen molar-refractivity contribution in [2.45, 2.75) is 19.1 Å². The van der Waals surface area contributed by atoms with E-state index in [4.69, 9.17) is 0 Å². The number of aromatic nitrogens is 2. The molecule has 1 aromatic carbocycles. The van der Waals surface area contributed by atoms with E-state index < -0.39 is 12.0 Å². The lowest BCUT2D eigenvalue weighted by atomic mass is 10.1. The van der Waals surface area contributed by atoms with Crippen molar-refractivity contribution in [2.75, 3.05) is 26.0 Å². The van der Waals surface area contributed by atoms with Gasteiger partial charge in [0.15, 0.2) is 6.04 Å². The topological polar surface area (TPSA) is 98.7 Å². The molecule has 2 aromatic heterocycles. The number of hydrogen-bond donors (Lipinski definition) is 2. The third kappa shape index (κ3) is 4.42. The van der Waals surface area contributed by atoms with Crippen molar-refractivity contribution in [1.82, 2.24) is 19.8 Å². The van der Waals surface area contributed by atoms with Crippen LogP contribution in [0, 0.1) is 0 Å². The van der Waals surface area contributed by atoms with Gasteiger partial charge in [0.2, 0.25) is 5.91 Å². The van der Waals surface area contributed by atoms with Crippen LogP contribution in [0.15, 0.2) is 48.8 Å². The first-order chi connectivity index (χ1) is 14.9. The van der Waals surface area contributed by atoms with E-state index in [0.717, 1.165) is 20.7 Å². The Morgan fingerprint density at radius 1 is 1.26 bits per heavy atom. The molecule has 3 aromatic rings. The number of anilines is 1. The molecule has 0 spiro atoms. The standard InChI is InChI=1S/C22H23N5O3S/c1-26(2)10-6-9-17(28)27-11-15-16(12-27)31-21-18(15)20(23-13-24-21)25-19(22(29)30)14-7-4-3-5-8-14/h3-9,13,19H,10-12H2,1-2H3,(H,29,30)(H,23,24,25)/t19-/m0/s1. The highest BCUT2D eigenvalue weighted by molar-refractivity contribution is 7.19. The van der Waals surface area contributed by atoms with Gasteiger partial charge in [-0.2, -0.15) is 0 Å². The lowest BCUT2D eigenvalue weighted by molar-refractivity contribution is -0.138. The molecular formula is C22H23N5O3S. The molecule has 3 heterocycles. The number of nitrogens with zero attached hydrogens (tertiary/aromatic N) is 4. The SMILES string of the molecule is CN(C)CC=CC(=O)N1Cc2sc3ncnc(N[C@H](C(=O)O)c4ccccc4)c3c2C1. The van der Waals surface area contributed by atoms with Crippen molar-refractivity contribution < 1.29 is 14.7 Å². The molecule has 0 bridgehead atoms. The zero-order valence-corrected chi connectivity index (χ0v) is 18.1. The summed E-state index contributed by atoms with van der Waals surface area (Å²) in [4.78, 5) is 38.8. The molecule has 0 saturated heterocycles. The van der Waals surface area contributed by atoms with Crippen LogP contribution in [0.25, 0.3) is 10.2 Å². The van der Waals surface area contributed by atoms with Gasteiger partial charge in [0.25, 0.3) is 0 Å². The van der Waals surface area contributed by atoms with Gasteiger partial charge in [-0.3, -0.25) is 4.79 Å². The fraction of sp³-hybridized carbons (Fsp3) is 0.273. The summed E-state index contributed by atoms with van der Waals surface area (Å²) in [5, 5.41) is 13.6. The lowest BCUT2D eigenvalue weighted by Crippen LogP contribution is -2.24. The maximum absolute atomic E-state index is 12.6. The van der Waals surface area contributed by atoms with Crippen molar-refractivity contribution >= 4 is 39.2 Å². The molecule has 0 radical (unpaired) electrons. The van der Waals surface area contributed by atoms with Gasteiger partial charge in [-0.05, 0) is 19.7 Å². The van der Waals surface area contributed by atoms with Gasteiger partial charge in [-0.25, -0.2) is 14.8 Å². The molecule has 8 nitrogen and oxygen atoms in total. The molecule has 1 aliphatic rings.